The van der Waals surface area contributed by atoms with E-state index in [1.165, 1.54) is 257 Å². The first kappa shape index (κ1) is 97.7. The molecule has 0 spiro atoms. The molecule has 3 aliphatic rings. The van der Waals surface area contributed by atoms with Crippen LogP contribution in [0.3, 0.4) is 0 Å². The number of aliphatic carboxylic acids is 1. The molecule has 23 nitrogen and oxygen atoms in total. The molecule has 14 N–H and O–H groups in total. The standard InChI is InChI=1S/C83H156N2O21/c1-4-6-8-10-12-14-16-18-19-20-21-22-23-24-25-26-27-28-29-30-31-32-33-34-35-36-37-38-39-40-41-42-43-45-47-49-51-53-55-57-70(93)85-64(65(90)56-54-52-50-48-46-44-17-15-13-11-9-7-5-2)62-101-80-75(97)74(96)77(69(61-88)103-80)104-81-76(98)79(73(95)68(60-87)102-81)106-83(82(99)100)58-66(91)71(84-63(3)89)78(105-83)72(94)67(92)59-86/h30-31,64-69,71-81,86-88,90-92,94-98H,4-29,32-62H2,1-3H3,(H,84,89)(H,85,93)(H,99,100)/b31-30-. The van der Waals surface area contributed by atoms with E-state index in [1.54, 1.807) is 0 Å². The Morgan fingerprint density at radius 3 is 1.27 bits per heavy atom. The molecule has 3 saturated heterocycles. The van der Waals surface area contributed by atoms with E-state index >= 15 is 0 Å². The number of aliphatic hydroxyl groups excluding tert-OH is 11. The molecule has 23 heteroatoms. The molecular formula is C83H156N2O21. The fraction of sp³-hybridized carbons (Fsp3) is 0.940. The van der Waals surface area contributed by atoms with Crippen molar-refractivity contribution in [3.8, 4) is 0 Å². The van der Waals surface area contributed by atoms with Crippen LogP contribution in [0.1, 0.15) is 361 Å². The lowest BCUT2D eigenvalue weighted by Crippen LogP contribution is -2.70. The Morgan fingerprint density at radius 2 is 0.877 bits per heavy atom. The molecule has 18 unspecified atom stereocenters. The van der Waals surface area contributed by atoms with E-state index in [2.05, 4.69) is 36.6 Å². The van der Waals surface area contributed by atoms with Gasteiger partial charge >= 0.3 is 5.97 Å². The van der Waals surface area contributed by atoms with Gasteiger partial charge in [-0.25, -0.2) is 4.79 Å². The van der Waals surface area contributed by atoms with Gasteiger partial charge in [0.2, 0.25) is 11.8 Å². The highest BCUT2D eigenvalue weighted by atomic mass is 16.8. The first-order valence-corrected chi connectivity index (χ1v) is 43.0. The number of aliphatic hydroxyl groups is 11. The molecule has 3 fully saturated rings. The van der Waals surface area contributed by atoms with Gasteiger partial charge in [-0.15, -0.1) is 0 Å². The number of allylic oxidation sites excluding steroid dienone is 2. The zero-order chi connectivity index (χ0) is 77.4. The summed E-state index contributed by atoms with van der Waals surface area (Å²) in [5, 5.41) is 136. The Balaban J connectivity index is 1.38. The quantitative estimate of drug-likeness (QED) is 0.0199. The number of carbonyl (C=O) groups excluding carboxylic acids is 2. The van der Waals surface area contributed by atoms with Gasteiger partial charge in [0.25, 0.3) is 5.79 Å². The summed E-state index contributed by atoms with van der Waals surface area (Å²) in [6.07, 6.45) is 39.7. The average molecular weight is 1520 g/mol. The van der Waals surface area contributed by atoms with Gasteiger partial charge in [-0.3, -0.25) is 9.59 Å². The minimum Gasteiger partial charge on any atom is -0.477 e. The molecule has 2 amide bonds. The summed E-state index contributed by atoms with van der Waals surface area (Å²) in [5.74, 6) is -6.09. The van der Waals surface area contributed by atoms with Crippen LogP contribution in [-0.4, -0.2) is 215 Å². The summed E-state index contributed by atoms with van der Waals surface area (Å²) in [6.45, 7) is 2.24. The Hall–Kier alpha value is -2.53. The summed E-state index contributed by atoms with van der Waals surface area (Å²) in [4.78, 5) is 38.7. The second kappa shape index (κ2) is 62.0. The van der Waals surface area contributed by atoms with Crippen LogP contribution in [0.25, 0.3) is 0 Å². The van der Waals surface area contributed by atoms with E-state index in [-0.39, 0.29) is 18.9 Å². The third-order valence-corrected chi connectivity index (χ3v) is 22.0. The number of carbonyl (C=O) groups is 3. The number of carboxylic acid groups (broad SMARTS) is 1. The molecular weight excluding hydrogens is 1360 g/mol. The lowest BCUT2D eigenvalue weighted by atomic mass is 9.88. The molecule has 0 aromatic rings. The van der Waals surface area contributed by atoms with Crippen molar-refractivity contribution in [2.24, 2.45) is 0 Å². The first-order valence-electron chi connectivity index (χ1n) is 43.0. The van der Waals surface area contributed by atoms with E-state index in [1.807, 2.05) is 0 Å². The smallest absolute Gasteiger partial charge is 0.364 e. The van der Waals surface area contributed by atoms with Gasteiger partial charge in [-0.1, -0.05) is 315 Å². The van der Waals surface area contributed by atoms with Crippen LogP contribution in [0.15, 0.2) is 12.2 Å². The lowest BCUT2D eigenvalue weighted by molar-refractivity contribution is -0.386. The number of hydrogen-bond donors (Lipinski definition) is 14. The average Bonchev–Trinajstić information content (AvgIpc) is 0.755. The number of unbranched alkanes of at least 4 members (excludes halogenated alkanes) is 47. The van der Waals surface area contributed by atoms with E-state index < -0.39 is 148 Å². The lowest BCUT2D eigenvalue weighted by Gasteiger charge is -2.50. The summed E-state index contributed by atoms with van der Waals surface area (Å²) >= 11 is 0. The highest BCUT2D eigenvalue weighted by molar-refractivity contribution is 5.77. The van der Waals surface area contributed by atoms with Crippen LogP contribution in [-0.2, 0) is 42.8 Å². The number of rotatable bonds is 69. The van der Waals surface area contributed by atoms with Crippen molar-refractivity contribution in [2.45, 2.75) is 471 Å². The van der Waals surface area contributed by atoms with Crippen LogP contribution in [0.4, 0.5) is 0 Å². The molecule has 624 valence electrons. The van der Waals surface area contributed by atoms with Crippen LogP contribution >= 0.6 is 0 Å². The summed E-state index contributed by atoms with van der Waals surface area (Å²) in [5.41, 5.74) is 0. The van der Waals surface area contributed by atoms with Crippen molar-refractivity contribution < 1.29 is 104 Å². The van der Waals surface area contributed by atoms with Gasteiger partial charge in [-0.05, 0) is 38.5 Å². The second-order valence-corrected chi connectivity index (χ2v) is 31.4. The number of amides is 2. The maximum atomic E-state index is 13.5. The van der Waals surface area contributed by atoms with Crippen molar-refractivity contribution in [1.29, 1.82) is 0 Å². The number of hydrogen-bond acceptors (Lipinski definition) is 20. The minimum atomic E-state index is -3.08. The zero-order valence-electron chi connectivity index (χ0n) is 66.3. The van der Waals surface area contributed by atoms with Crippen molar-refractivity contribution >= 4 is 17.8 Å². The maximum Gasteiger partial charge on any atom is 0.364 e. The Morgan fingerprint density at radius 1 is 0.481 bits per heavy atom. The normalized spacial score (nSPS) is 26.1. The molecule has 3 heterocycles. The molecule has 0 radical (unpaired) electrons. The number of nitrogens with one attached hydrogen (secondary N) is 2. The molecule has 0 saturated carbocycles. The predicted molar refractivity (Wildman–Crippen MR) is 412 cm³/mol. The molecule has 0 bridgehead atoms. The van der Waals surface area contributed by atoms with Crippen molar-refractivity contribution in [3.63, 3.8) is 0 Å². The molecule has 18 atom stereocenters. The summed E-state index contributed by atoms with van der Waals surface area (Å²) in [7, 11) is 0. The zero-order valence-corrected chi connectivity index (χ0v) is 66.3. The fourth-order valence-electron chi connectivity index (χ4n) is 15.2. The fourth-order valence-corrected chi connectivity index (χ4v) is 15.2. The van der Waals surface area contributed by atoms with Crippen molar-refractivity contribution in [2.75, 3.05) is 26.4 Å². The van der Waals surface area contributed by atoms with E-state index in [4.69, 9.17) is 28.4 Å². The van der Waals surface area contributed by atoms with Gasteiger partial charge in [0.05, 0.1) is 50.7 Å². The van der Waals surface area contributed by atoms with Gasteiger partial charge in [0.15, 0.2) is 12.6 Å². The van der Waals surface area contributed by atoms with Crippen LogP contribution in [0.2, 0.25) is 0 Å². The molecule has 0 aromatic heterocycles. The molecule has 3 rings (SSSR count). The highest BCUT2D eigenvalue weighted by Gasteiger charge is 2.60. The summed E-state index contributed by atoms with van der Waals surface area (Å²) < 4.78 is 34.9. The first-order chi connectivity index (χ1) is 51.4. The number of carboxylic acids is 1. The maximum absolute atomic E-state index is 13.5. The van der Waals surface area contributed by atoms with Crippen molar-refractivity contribution in [1.82, 2.24) is 10.6 Å². The van der Waals surface area contributed by atoms with E-state index in [0.717, 1.165) is 58.3 Å². The minimum absolute atomic E-state index is 0.227. The van der Waals surface area contributed by atoms with Gasteiger partial charge < -0.3 is 100 Å². The van der Waals surface area contributed by atoms with Gasteiger partial charge in [0.1, 0.15) is 67.1 Å². The monoisotopic (exact) mass is 1520 g/mol. The molecule has 3 aliphatic heterocycles. The molecule has 106 heavy (non-hydrogen) atoms. The van der Waals surface area contributed by atoms with Gasteiger partial charge in [-0.2, -0.15) is 0 Å². The largest absolute Gasteiger partial charge is 0.477 e. The topological polar surface area (TPSA) is 373 Å². The Kier molecular flexibility index (Phi) is 57.1. The second-order valence-electron chi connectivity index (χ2n) is 31.4. The van der Waals surface area contributed by atoms with Gasteiger partial charge in [0, 0.05) is 19.8 Å². The van der Waals surface area contributed by atoms with E-state index in [0.29, 0.717) is 19.3 Å². The highest BCUT2D eigenvalue weighted by Crippen LogP contribution is 2.39. The summed E-state index contributed by atoms with van der Waals surface area (Å²) in [6, 6.07) is -2.53. The molecule has 0 aliphatic carbocycles. The molecule has 0 aromatic carbocycles. The van der Waals surface area contributed by atoms with E-state index in [9.17, 15) is 75.7 Å². The van der Waals surface area contributed by atoms with Crippen LogP contribution < -0.4 is 10.6 Å². The number of ether oxygens (including phenoxy) is 6. The SMILES string of the molecule is CCCCCCCCCCCCCCCCCCCC/C=C\CCCCCCCCCCCCCCCCCCCC(=O)NC(COC1OC(CO)C(OC2OC(CO)C(O)C(OC3(C(=O)O)CC(O)C(NC(C)=O)C(C(O)C(O)CO)O3)C2O)C(O)C1O)C(O)CCCCCCCCCCCCCCC. The van der Waals surface area contributed by atoms with Crippen LogP contribution in [0.5, 0.6) is 0 Å². The van der Waals surface area contributed by atoms with Crippen LogP contribution in [0, 0.1) is 0 Å². The third kappa shape index (κ3) is 41.3. The van der Waals surface area contributed by atoms with Crippen molar-refractivity contribution in [3.05, 3.63) is 12.2 Å². The third-order valence-electron chi connectivity index (χ3n) is 22.0. The predicted octanol–water partition coefficient (Wildman–Crippen LogP) is 12.5. The Bertz CT molecular complexity index is 2150. The Labute approximate surface area is 639 Å².